The van der Waals surface area contributed by atoms with Crippen molar-refractivity contribution in [1.29, 1.82) is 0 Å². The standard InChI is InChI=1S/C14H20N2O2/c1-10(2)9-18-8-7-16-14(17)12-6-4-5-11(3)13(12)15/h4-6H,1,7-9,15H2,2-3H3,(H,16,17). The molecule has 3 N–H and O–H groups in total. The van der Waals surface area contributed by atoms with E-state index in [1.807, 2.05) is 26.0 Å². The summed E-state index contributed by atoms with van der Waals surface area (Å²) in [5.41, 5.74) is 8.75. The van der Waals surface area contributed by atoms with Crippen molar-refractivity contribution in [1.82, 2.24) is 5.32 Å². The molecule has 1 rings (SSSR count). The highest BCUT2D eigenvalue weighted by Gasteiger charge is 2.09. The number of amides is 1. The molecular weight excluding hydrogens is 228 g/mol. The molecule has 0 fully saturated rings. The largest absolute Gasteiger partial charge is 0.398 e. The monoisotopic (exact) mass is 248 g/mol. The van der Waals surface area contributed by atoms with E-state index in [-0.39, 0.29) is 5.91 Å². The Balaban J connectivity index is 2.41. The van der Waals surface area contributed by atoms with Crippen molar-refractivity contribution in [2.24, 2.45) is 0 Å². The fraction of sp³-hybridized carbons (Fsp3) is 0.357. The quantitative estimate of drug-likeness (QED) is 0.459. The third-order valence-electron chi connectivity index (χ3n) is 2.45. The number of nitrogen functional groups attached to an aromatic ring is 1. The molecule has 18 heavy (non-hydrogen) atoms. The van der Waals surface area contributed by atoms with Crippen molar-refractivity contribution in [2.45, 2.75) is 13.8 Å². The number of para-hydroxylation sites is 1. The van der Waals surface area contributed by atoms with E-state index < -0.39 is 0 Å². The summed E-state index contributed by atoms with van der Waals surface area (Å²) < 4.78 is 5.29. The number of hydrogen-bond acceptors (Lipinski definition) is 3. The highest BCUT2D eigenvalue weighted by molar-refractivity contribution is 5.99. The van der Waals surface area contributed by atoms with Gasteiger partial charge in [-0.1, -0.05) is 24.3 Å². The molecule has 1 aromatic rings. The molecule has 0 aliphatic heterocycles. The van der Waals surface area contributed by atoms with E-state index in [4.69, 9.17) is 10.5 Å². The molecule has 0 saturated carbocycles. The van der Waals surface area contributed by atoms with Crippen molar-refractivity contribution >= 4 is 11.6 Å². The molecule has 0 aliphatic carbocycles. The summed E-state index contributed by atoms with van der Waals surface area (Å²) in [5, 5.41) is 2.77. The number of carbonyl (C=O) groups excluding carboxylic acids is 1. The lowest BCUT2D eigenvalue weighted by Gasteiger charge is -2.09. The number of nitrogens with one attached hydrogen (secondary N) is 1. The predicted octanol–water partition coefficient (Wildman–Crippen LogP) is 1.90. The van der Waals surface area contributed by atoms with E-state index in [2.05, 4.69) is 11.9 Å². The Kier molecular flexibility index (Phi) is 5.39. The van der Waals surface area contributed by atoms with Crippen molar-refractivity contribution in [3.8, 4) is 0 Å². The second-order valence-corrected chi connectivity index (χ2v) is 4.30. The molecule has 0 bridgehead atoms. The van der Waals surface area contributed by atoms with Gasteiger partial charge in [0.15, 0.2) is 0 Å². The van der Waals surface area contributed by atoms with E-state index in [1.165, 1.54) is 0 Å². The van der Waals surface area contributed by atoms with Gasteiger partial charge in [0.25, 0.3) is 5.91 Å². The number of anilines is 1. The number of ether oxygens (including phenoxy) is 1. The van der Waals surface area contributed by atoms with Crippen LogP contribution in [0.4, 0.5) is 5.69 Å². The van der Waals surface area contributed by atoms with Gasteiger partial charge in [0, 0.05) is 12.2 Å². The smallest absolute Gasteiger partial charge is 0.253 e. The number of benzene rings is 1. The first-order chi connectivity index (χ1) is 8.52. The van der Waals surface area contributed by atoms with Gasteiger partial charge in [-0.15, -0.1) is 0 Å². The minimum atomic E-state index is -0.171. The van der Waals surface area contributed by atoms with Gasteiger partial charge in [0.05, 0.1) is 18.8 Å². The lowest BCUT2D eigenvalue weighted by molar-refractivity contribution is 0.0927. The summed E-state index contributed by atoms with van der Waals surface area (Å²) in [5.74, 6) is -0.171. The molecular formula is C14H20N2O2. The van der Waals surface area contributed by atoms with Crippen molar-refractivity contribution in [3.63, 3.8) is 0 Å². The maximum absolute atomic E-state index is 11.9. The van der Waals surface area contributed by atoms with Crippen molar-refractivity contribution in [2.75, 3.05) is 25.5 Å². The van der Waals surface area contributed by atoms with Gasteiger partial charge < -0.3 is 15.8 Å². The molecule has 0 atom stereocenters. The van der Waals surface area contributed by atoms with E-state index in [0.29, 0.717) is 31.0 Å². The minimum Gasteiger partial charge on any atom is -0.398 e. The average molecular weight is 248 g/mol. The van der Waals surface area contributed by atoms with Gasteiger partial charge in [-0.25, -0.2) is 0 Å². The van der Waals surface area contributed by atoms with Crippen LogP contribution < -0.4 is 11.1 Å². The number of carbonyl (C=O) groups is 1. The van der Waals surface area contributed by atoms with Gasteiger partial charge >= 0.3 is 0 Å². The van der Waals surface area contributed by atoms with Crippen molar-refractivity contribution < 1.29 is 9.53 Å². The third kappa shape index (κ3) is 4.22. The van der Waals surface area contributed by atoms with E-state index >= 15 is 0 Å². The van der Waals surface area contributed by atoms with Crippen LogP contribution in [-0.2, 0) is 4.74 Å². The summed E-state index contributed by atoms with van der Waals surface area (Å²) in [6.45, 7) is 8.94. The van der Waals surface area contributed by atoms with Crippen LogP contribution in [0.5, 0.6) is 0 Å². The summed E-state index contributed by atoms with van der Waals surface area (Å²) in [7, 11) is 0. The van der Waals surface area contributed by atoms with Gasteiger partial charge in [-0.3, -0.25) is 4.79 Å². The van der Waals surface area contributed by atoms with Gasteiger partial charge in [-0.05, 0) is 25.5 Å². The van der Waals surface area contributed by atoms with Crippen molar-refractivity contribution in [3.05, 3.63) is 41.5 Å². The van der Waals surface area contributed by atoms with Crippen LogP contribution in [0.1, 0.15) is 22.8 Å². The molecule has 0 spiro atoms. The van der Waals surface area contributed by atoms with Crippen LogP contribution in [0.3, 0.4) is 0 Å². The van der Waals surface area contributed by atoms with Crippen LogP contribution in [-0.4, -0.2) is 25.7 Å². The van der Waals surface area contributed by atoms with Gasteiger partial charge in [0.1, 0.15) is 0 Å². The summed E-state index contributed by atoms with van der Waals surface area (Å²) in [6, 6.07) is 5.41. The normalized spacial score (nSPS) is 10.1. The van der Waals surface area contributed by atoms with Gasteiger partial charge in [-0.2, -0.15) is 0 Å². The lowest BCUT2D eigenvalue weighted by Crippen LogP contribution is -2.28. The maximum atomic E-state index is 11.9. The van der Waals surface area contributed by atoms with Gasteiger partial charge in [0.2, 0.25) is 0 Å². The molecule has 0 saturated heterocycles. The summed E-state index contributed by atoms with van der Waals surface area (Å²) in [4.78, 5) is 11.9. The molecule has 1 amide bonds. The SMILES string of the molecule is C=C(C)COCCNC(=O)c1cccc(C)c1N. The molecule has 0 aromatic heterocycles. The molecule has 4 heteroatoms. The Bertz CT molecular complexity index is 441. The summed E-state index contributed by atoms with van der Waals surface area (Å²) in [6.07, 6.45) is 0. The lowest BCUT2D eigenvalue weighted by atomic mass is 10.1. The van der Waals surface area contributed by atoms with Crippen LogP contribution in [0, 0.1) is 6.92 Å². The Morgan fingerprint density at radius 3 is 2.89 bits per heavy atom. The minimum absolute atomic E-state index is 0.171. The fourth-order valence-corrected chi connectivity index (χ4v) is 1.46. The van der Waals surface area contributed by atoms with Crippen LogP contribution in [0.25, 0.3) is 0 Å². The number of aryl methyl sites for hydroxylation is 1. The highest BCUT2D eigenvalue weighted by atomic mass is 16.5. The fourth-order valence-electron chi connectivity index (χ4n) is 1.46. The Hall–Kier alpha value is -1.81. The van der Waals surface area contributed by atoms with Crippen LogP contribution in [0.15, 0.2) is 30.4 Å². The van der Waals surface area contributed by atoms with Crippen LogP contribution >= 0.6 is 0 Å². The number of hydrogen-bond donors (Lipinski definition) is 2. The topological polar surface area (TPSA) is 64.3 Å². The average Bonchev–Trinajstić information content (AvgIpc) is 2.31. The highest BCUT2D eigenvalue weighted by Crippen LogP contribution is 2.15. The first kappa shape index (κ1) is 14.3. The predicted molar refractivity (Wildman–Crippen MR) is 73.6 cm³/mol. The zero-order valence-corrected chi connectivity index (χ0v) is 11.0. The van der Waals surface area contributed by atoms with E-state index in [9.17, 15) is 4.79 Å². The zero-order valence-electron chi connectivity index (χ0n) is 11.0. The Morgan fingerprint density at radius 2 is 2.22 bits per heavy atom. The molecule has 0 radical (unpaired) electrons. The molecule has 0 heterocycles. The molecule has 0 unspecified atom stereocenters. The van der Waals surface area contributed by atoms with E-state index in [0.717, 1.165) is 11.1 Å². The second-order valence-electron chi connectivity index (χ2n) is 4.30. The summed E-state index contributed by atoms with van der Waals surface area (Å²) >= 11 is 0. The Labute approximate surface area is 108 Å². The first-order valence-corrected chi connectivity index (χ1v) is 5.87. The molecule has 0 aliphatic rings. The number of rotatable bonds is 6. The maximum Gasteiger partial charge on any atom is 0.253 e. The second kappa shape index (κ2) is 6.81. The zero-order chi connectivity index (χ0) is 13.5. The molecule has 98 valence electrons. The third-order valence-corrected chi connectivity index (χ3v) is 2.45. The Morgan fingerprint density at radius 1 is 1.50 bits per heavy atom. The van der Waals surface area contributed by atoms with Crippen LogP contribution in [0.2, 0.25) is 0 Å². The first-order valence-electron chi connectivity index (χ1n) is 5.87. The molecule has 4 nitrogen and oxygen atoms in total. The van der Waals surface area contributed by atoms with E-state index in [1.54, 1.807) is 6.07 Å². The molecule has 1 aromatic carbocycles. The number of nitrogens with two attached hydrogens (primary N) is 1.